The molecule has 0 atom stereocenters. The number of carbonyl (C=O) groups excluding carboxylic acids is 2. The van der Waals surface area contributed by atoms with E-state index in [1.165, 1.54) is 0 Å². The lowest BCUT2D eigenvalue weighted by molar-refractivity contribution is -0.136. The molecule has 1 saturated heterocycles. The van der Waals surface area contributed by atoms with Gasteiger partial charge in [-0.05, 0) is 51.8 Å². The van der Waals surface area contributed by atoms with Gasteiger partial charge in [0, 0.05) is 47.5 Å². The molecule has 0 aliphatic carbocycles. The second-order valence-electron chi connectivity index (χ2n) is 6.77. The molecule has 0 spiro atoms. The minimum Gasteiger partial charge on any atom is -0.451 e. The molecular formula is C20H25BrN2O3. The number of benzene rings is 1. The Labute approximate surface area is 162 Å². The average molecular weight is 421 g/mol. The minimum atomic E-state index is -0.0800. The van der Waals surface area contributed by atoms with Gasteiger partial charge in [-0.15, -0.1) is 0 Å². The normalized spacial score (nSPS) is 15.5. The van der Waals surface area contributed by atoms with E-state index in [2.05, 4.69) is 15.9 Å². The molecule has 1 fully saturated rings. The first kappa shape index (κ1) is 19.0. The molecule has 2 heterocycles. The van der Waals surface area contributed by atoms with Crippen molar-refractivity contribution in [3.8, 4) is 0 Å². The zero-order chi connectivity index (χ0) is 18.8. The Morgan fingerprint density at radius 2 is 1.88 bits per heavy atom. The highest BCUT2D eigenvalue weighted by atomic mass is 79.9. The summed E-state index contributed by atoms with van der Waals surface area (Å²) in [7, 11) is 0. The van der Waals surface area contributed by atoms with Crippen molar-refractivity contribution >= 4 is 38.7 Å². The Kier molecular flexibility index (Phi) is 5.70. The Hall–Kier alpha value is -1.82. The van der Waals surface area contributed by atoms with E-state index >= 15 is 0 Å². The number of nitrogens with zero attached hydrogens (tertiary/aromatic N) is 2. The van der Waals surface area contributed by atoms with E-state index < -0.39 is 0 Å². The van der Waals surface area contributed by atoms with Crippen LogP contribution >= 0.6 is 15.9 Å². The number of amides is 2. The molecule has 0 N–H and O–H groups in total. The molecule has 0 radical (unpaired) electrons. The van der Waals surface area contributed by atoms with Gasteiger partial charge < -0.3 is 14.2 Å². The number of hydrogen-bond donors (Lipinski definition) is 0. The molecule has 0 saturated carbocycles. The molecule has 0 unspecified atom stereocenters. The van der Waals surface area contributed by atoms with Gasteiger partial charge in [-0.2, -0.15) is 0 Å². The standard InChI is InChI=1S/C20H25BrN2O3/c1-4-22(5-2)19(24)14-8-10-23(11-9-14)20(25)18-13(3)16-12-15(21)6-7-17(16)26-18/h6-7,12,14H,4-5,8-11H2,1-3H3. The van der Waals surface area contributed by atoms with E-state index in [4.69, 9.17) is 4.42 Å². The fraction of sp³-hybridized carbons (Fsp3) is 0.500. The zero-order valence-electron chi connectivity index (χ0n) is 15.5. The first-order valence-corrected chi connectivity index (χ1v) is 10.0. The van der Waals surface area contributed by atoms with Crippen molar-refractivity contribution < 1.29 is 14.0 Å². The van der Waals surface area contributed by atoms with Crippen molar-refractivity contribution in [3.63, 3.8) is 0 Å². The summed E-state index contributed by atoms with van der Waals surface area (Å²) in [6, 6.07) is 5.75. The molecule has 6 heteroatoms. The quantitative estimate of drug-likeness (QED) is 0.743. The third-order valence-corrected chi connectivity index (χ3v) is 5.79. The van der Waals surface area contributed by atoms with Crippen LogP contribution in [0.25, 0.3) is 11.0 Å². The summed E-state index contributed by atoms with van der Waals surface area (Å²) < 4.78 is 6.79. The average Bonchev–Trinajstić information content (AvgIpc) is 2.98. The number of halogens is 1. The van der Waals surface area contributed by atoms with E-state index in [0.29, 0.717) is 31.7 Å². The smallest absolute Gasteiger partial charge is 0.289 e. The van der Waals surface area contributed by atoms with Gasteiger partial charge in [0.1, 0.15) is 5.58 Å². The Bertz CT molecular complexity index is 818. The topological polar surface area (TPSA) is 53.8 Å². The van der Waals surface area contributed by atoms with Crippen LogP contribution in [0.3, 0.4) is 0 Å². The Morgan fingerprint density at radius 1 is 1.23 bits per heavy atom. The SMILES string of the molecule is CCN(CC)C(=O)C1CCN(C(=O)c2oc3ccc(Br)cc3c2C)CC1. The van der Waals surface area contributed by atoms with Crippen molar-refractivity contribution in [2.75, 3.05) is 26.2 Å². The fourth-order valence-electron chi connectivity index (χ4n) is 3.66. The summed E-state index contributed by atoms with van der Waals surface area (Å²) in [5.74, 6) is 0.564. The van der Waals surface area contributed by atoms with Crippen LogP contribution in [0.1, 0.15) is 42.8 Å². The zero-order valence-corrected chi connectivity index (χ0v) is 17.1. The maximum atomic E-state index is 12.9. The van der Waals surface area contributed by atoms with Crippen LogP contribution in [0.2, 0.25) is 0 Å². The van der Waals surface area contributed by atoms with Crippen molar-refractivity contribution in [1.82, 2.24) is 9.80 Å². The van der Waals surface area contributed by atoms with Gasteiger partial charge in [-0.25, -0.2) is 0 Å². The maximum Gasteiger partial charge on any atom is 0.289 e. The largest absolute Gasteiger partial charge is 0.451 e. The highest BCUT2D eigenvalue weighted by Gasteiger charge is 2.31. The minimum absolute atomic E-state index is 0.0201. The molecule has 2 amide bonds. The molecule has 26 heavy (non-hydrogen) atoms. The van der Waals surface area contributed by atoms with Crippen LogP contribution in [-0.4, -0.2) is 47.8 Å². The lowest BCUT2D eigenvalue weighted by atomic mass is 9.95. The molecule has 0 bridgehead atoms. The first-order chi connectivity index (χ1) is 12.5. The van der Waals surface area contributed by atoms with Gasteiger partial charge in [0.2, 0.25) is 5.91 Å². The summed E-state index contributed by atoms with van der Waals surface area (Å²) in [5.41, 5.74) is 1.59. The van der Waals surface area contributed by atoms with Crippen LogP contribution in [0.4, 0.5) is 0 Å². The number of rotatable bonds is 4. The predicted molar refractivity (Wildman–Crippen MR) is 105 cm³/mol. The van der Waals surface area contributed by atoms with Crippen molar-refractivity contribution in [1.29, 1.82) is 0 Å². The Morgan fingerprint density at radius 3 is 2.50 bits per heavy atom. The predicted octanol–water partition coefficient (Wildman–Crippen LogP) is 4.22. The second kappa shape index (κ2) is 7.82. The molecular weight excluding hydrogens is 396 g/mol. The number of aryl methyl sites for hydroxylation is 1. The van der Waals surface area contributed by atoms with E-state index in [9.17, 15) is 9.59 Å². The van der Waals surface area contributed by atoms with E-state index in [0.717, 1.165) is 34.1 Å². The van der Waals surface area contributed by atoms with Gasteiger partial charge in [0.05, 0.1) is 0 Å². The first-order valence-electron chi connectivity index (χ1n) is 9.23. The Balaban J connectivity index is 1.71. The molecule has 3 rings (SSSR count). The molecule has 5 nitrogen and oxygen atoms in total. The van der Waals surface area contributed by atoms with E-state index in [1.807, 2.05) is 48.8 Å². The third kappa shape index (κ3) is 3.52. The van der Waals surface area contributed by atoms with E-state index in [1.54, 1.807) is 0 Å². The second-order valence-corrected chi connectivity index (χ2v) is 7.69. The van der Waals surface area contributed by atoms with Gasteiger partial charge in [-0.3, -0.25) is 9.59 Å². The number of fused-ring (bicyclic) bond motifs is 1. The molecule has 1 aliphatic rings. The summed E-state index contributed by atoms with van der Waals surface area (Å²) >= 11 is 3.46. The van der Waals surface area contributed by atoms with Crippen molar-refractivity contribution in [2.24, 2.45) is 5.92 Å². The summed E-state index contributed by atoms with van der Waals surface area (Å²) in [5, 5.41) is 0.953. The monoisotopic (exact) mass is 420 g/mol. The summed E-state index contributed by atoms with van der Waals surface area (Å²) in [6.45, 7) is 8.59. The lowest BCUT2D eigenvalue weighted by Crippen LogP contribution is -2.44. The number of piperidine rings is 1. The van der Waals surface area contributed by atoms with Crippen LogP contribution < -0.4 is 0 Å². The van der Waals surface area contributed by atoms with E-state index in [-0.39, 0.29) is 17.7 Å². The van der Waals surface area contributed by atoms with Gasteiger partial charge in [0.25, 0.3) is 5.91 Å². The van der Waals surface area contributed by atoms with Gasteiger partial charge >= 0.3 is 0 Å². The van der Waals surface area contributed by atoms with Crippen LogP contribution in [0.15, 0.2) is 27.1 Å². The van der Waals surface area contributed by atoms with Gasteiger partial charge in [0.15, 0.2) is 5.76 Å². The molecule has 2 aromatic rings. The molecule has 1 aliphatic heterocycles. The maximum absolute atomic E-state index is 12.9. The number of hydrogen-bond acceptors (Lipinski definition) is 3. The number of furan rings is 1. The number of likely N-dealkylation sites (tertiary alicyclic amines) is 1. The fourth-order valence-corrected chi connectivity index (χ4v) is 4.02. The van der Waals surface area contributed by atoms with Gasteiger partial charge in [-0.1, -0.05) is 15.9 Å². The van der Waals surface area contributed by atoms with Crippen molar-refractivity contribution in [2.45, 2.75) is 33.6 Å². The molecule has 140 valence electrons. The third-order valence-electron chi connectivity index (χ3n) is 5.30. The van der Waals surface area contributed by atoms with Crippen LogP contribution in [0, 0.1) is 12.8 Å². The number of carbonyl (C=O) groups is 2. The van der Waals surface area contributed by atoms with Crippen LogP contribution in [0.5, 0.6) is 0 Å². The van der Waals surface area contributed by atoms with Crippen LogP contribution in [-0.2, 0) is 4.79 Å². The molecule has 1 aromatic carbocycles. The lowest BCUT2D eigenvalue weighted by Gasteiger charge is -2.33. The van der Waals surface area contributed by atoms with Crippen molar-refractivity contribution in [3.05, 3.63) is 34.0 Å². The summed E-state index contributed by atoms with van der Waals surface area (Å²) in [6.07, 6.45) is 1.43. The highest BCUT2D eigenvalue weighted by molar-refractivity contribution is 9.10. The highest BCUT2D eigenvalue weighted by Crippen LogP contribution is 2.30. The summed E-state index contributed by atoms with van der Waals surface area (Å²) in [4.78, 5) is 29.1. The molecule has 1 aromatic heterocycles.